The maximum atomic E-state index is 5.84. The zero-order chi connectivity index (χ0) is 9.97. The molecular weight excluding hydrogens is 287 g/mol. The van der Waals surface area contributed by atoms with Crippen molar-refractivity contribution in [1.29, 1.82) is 0 Å². The highest BCUT2D eigenvalue weighted by Crippen LogP contribution is 2.24. The molecule has 0 unspecified atom stereocenters. The second kappa shape index (κ2) is 3.96. The number of aromatic nitrogens is 1. The number of benzene rings is 1. The first kappa shape index (κ1) is 9.45. The van der Waals surface area contributed by atoms with Crippen LogP contribution in [0.3, 0.4) is 0 Å². The van der Waals surface area contributed by atoms with Crippen molar-refractivity contribution in [3.05, 3.63) is 46.2 Å². The molecule has 2 aromatic rings. The summed E-state index contributed by atoms with van der Waals surface area (Å²) in [5, 5.41) is 0. The molecule has 1 heterocycles. The Labute approximate surface area is 96.3 Å². The quantitative estimate of drug-likeness (QED) is 0.649. The normalized spacial score (nSPS) is 10.1. The largest absolute Gasteiger partial charge is 0.383 e. The van der Waals surface area contributed by atoms with Gasteiger partial charge in [-0.15, -0.1) is 0 Å². The van der Waals surface area contributed by atoms with Crippen LogP contribution in [0.4, 0.5) is 5.82 Å². The molecule has 0 fully saturated rings. The highest BCUT2D eigenvalue weighted by Gasteiger charge is 2.02. The monoisotopic (exact) mass is 296 g/mol. The van der Waals surface area contributed by atoms with Gasteiger partial charge in [-0.1, -0.05) is 30.3 Å². The fraction of sp³-hybridized carbons (Fsp3) is 0. The third-order valence-corrected chi connectivity index (χ3v) is 2.58. The van der Waals surface area contributed by atoms with E-state index in [-0.39, 0.29) is 0 Å². The van der Waals surface area contributed by atoms with Crippen LogP contribution < -0.4 is 5.73 Å². The number of anilines is 1. The minimum atomic E-state index is 0.586. The van der Waals surface area contributed by atoms with E-state index in [1.54, 1.807) is 0 Å². The lowest BCUT2D eigenvalue weighted by Gasteiger charge is -2.04. The summed E-state index contributed by atoms with van der Waals surface area (Å²) in [5.41, 5.74) is 7.93. The summed E-state index contributed by atoms with van der Waals surface area (Å²) < 4.78 is 0.916. The molecule has 0 saturated heterocycles. The molecule has 2 rings (SSSR count). The number of rotatable bonds is 1. The van der Waals surface area contributed by atoms with Crippen molar-refractivity contribution in [2.45, 2.75) is 0 Å². The summed E-state index contributed by atoms with van der Waals surface area (Å²) in [6, 6.07) is 14.0. The van der Waals surface area contributed by atoms with Gasteiger partial charge in [0.25, 0.3) is 0 Å². The number of hydrogen-bond acceptors (Lipinski definition) is 2. The van der Waals surface area contributed by atoms with Crippen LogP contribution in [-0.4, -0.2) is 4.98 Å². The number of nitrogens with zero attached hydrogens (tertiary/aromatic N) is 1. The topological polar surface area (TPSA) is 38.9 Å². The van der Waals surface area contributed by atoms with Gasteiger partial charge in [0.1, 0.15) is 9.52 Å². The van der Waals surface area contributed by atoms with Gasteiger partial charge in [0, 0.05) is 5.56 Å². The summed E-state index contributed by atoms with van der Waals surface area (Å²) in [7, 11) is 0. The Morgan fingerprint density at radius 2 is 1.71 bits per heavy atom. The van der Waals surface area contributed by atoms with Crippen LogP contribution in [-0.2, 0) is 0 Å². The van der Waals surface area contributed by atoms with Gasteiger partial charge >= 0.3 is 0 Å². The molecule has 0 aliphatic rings. The molecule has 0 radical (unpaired) electrons. The number of pyridine rings is 1. The molecule has 1 aromatic carbocycles. The maximum absolute atomic E-state index is 5.84. The van der Waals surface area contributed by atoms with Crippen molar-refractivity contribution >= 4 is 28.4 Å². The summed E-state index contributed by atoms with van der Waals surface area (Å²) >= 11 is 2.15. The second-order valence-corrected chi connectivity index (χ2v) is 4.04. The lowest BCUT2D eigenvalue weighted by molar-refractivity contribution is 1.28. The molecule has 0 aliphatic carbocycles. The molecule has 14 heavy (non-hydrogen) atoms. The molecule has 0 saturated carbocycles. The van der Waals surface area contributed by atoms with Gasteiger partial charge in [0.2, 0.25) is 0 Å². The number of hydrogen-bond donors (Lipinski definition) is 1. The number of nitrogens with two attached hydrogens (primary N) is 1. The first-order valence-corrected chi connectivity index (χ1v) is 5.32. The summed E-state index contributed by atoms with van der Waals surface area (Å²) in [6.45, 7) is 0. The van der Waals surface area contributed by atoms with E-state index < -0.39 is 0 Å². The smallest absolute Gasteiger partial charge is 0.132 e. The van der Waals surface area contributed by atoms with Gasteiger partial charge in [-0.3, -0.25) is 0 Å². The Morgan fingerprint density at radius 1 is 1.00 bits per heavy atom. The van der Waals surface area contributed by atoms with E-state index in [9.17, 15) is 0 Å². The zero-order valence-electron chi connectivity index (χ0n) is 7.44. The lowest BCUT2D eigenvalue weighted by Crippen LogP contribution is -1.95. The van der Waals surface area contributed by atoms with Crippen molar-refractivity contribution in [3.63, 3.8) is 0 Å². The van der Waals surface area contributed by atoms with Crippen LogP contribution in [0.15, 0.2) is 42.5 Å². The van der Waals surface area contributed by atoms with E-state index >= 15 is 0 Å². The van der Waals surface area contributed by atoms with Crippen molar-refractivity contribution in [1.82, 2.24) is 4.98 Å². The third-order valence-electron chi connectivity index (χ3n) is 1.98. The van der Waals surface area contributed by atoms with Gasteiger partial charge < -0.3 is 5.73 Å². The maximum Gasteiger partial charge on any atom is 0.132 e. The SMILES string of the molecule is Nc1nc(I)ccc1-c1ccccc1. The van der Waals surface area contributed by atoms with E-state index in [0.29, 0.717) is 5.82 Å². The van der Waals surface area contributed by atoms with Crippen LogP contribution >= 0.6 is 22.6 Å². The van der Waals surface area contributed by atoms with E-state index in [1.807, 2.05) is 42.5 Å². The second-order valence-electron chi connectivity index (χ2n) is 2.93. The minimum Gasteiger partial charge on any atom is -0.383 e. The molecule has 0 spiro atoms. The summed E-state index contributed by atoms with van der Waals surface area (Å²) in [6.07, 6.45) is 0. The Bertz CT molecular complexity index is 440. The molecule has 0 atom stereocenters. The van der Waals surface area contributed by atoms with Gasteiger partial charge in [0.15, 0.2) is 0 Å². The van der Waals surface area contributed by atoms with Crippen LogP contribution in [0.1, 0.15) is 0 Å². The molecule has 70 valence electrons. The average Bonchev–Trinajstić information content (AvgIpc) is 2.19. The summed E-state index contributed by atoms with van der Waals surface area (Å²) in [5.74, 6) is 0.586. The van der Waals surface area contributed by atoms with Crippen molar-refractivity contribution < 1.29 is 0 Å². The van der Waals surface area contributed by atoms with E-state index in [0.717, 1.165) is 14.8 Å². The fourth-order valence-electron chi connectivity index (χ4n) is 1.31. The highest BCUT2D eigenvalue weighted by atomic mass is 127. The van der Waals surface area contributed by atoms with Gasteiger partial charge in [0.05, 0.1) is 0 Å². The van der Waals surface area contributed by atoms with Crippen LogP contribution in [0, 0.1) is 3.70 Å². The van der Waals surface area contributed by atoms with Crippen LogP contribution in [0.25, 0.3) is 11.1 Å². The van der Waals surface area contributed by atoms with E-state index in [4.69, 9.17) is 5.73 Å². The molecule has 1 aromatic heterocycles. The first-order valence-electron chi connectivity index (χ1n) is 4.25. The van der Waals surface area contributed by atoms with Crippen molar-refractivity contribution in [2.75, 3.05) is 5.73 Å². The third kappa shape index (κ3) is 1.87. The van der Waals surface area contributed by atoms with E-state index in [2.05, 4.69) is 27.6 Å². The standard InChI is InChI=1S/C11H9IN2/c12-10-7-6-9(11(13)14-10)8-4-2-1-3-5-8/h1-7H,(H2,13,14). The molecule has 3 heteroatoms. The molecule has 0 amide bonds. The molecule has 2 nitrogen and oxygen atoms in total. The zero-order valence-corrected chi connectivity index (χ0v) is 9.60. The number of nitrogen functional groups attached to an aromatic ring is 1. The highest BCUT2D eigenvalue weighted by molar-refractivity contribution is 14.1. The van der Waals surface area contributed by atoms with Gasteiger partial charge in [-0.2, -0.15) is 0 Å². The van der Waals surface area contributed by atoms with E-state index in [1.165, 1.54) is 0 Å². The van der Waals surface area contributed by atoms with Crippen LogP contribution in [0.5, 0.6) is 0 Å². The van der Waals surface area contributed by atoms with Crippen molar-refractivity contribution in [2.24, 2.45) is 0 Å². The Kier molecular flexibility index (Phi) is 2.67. The first-order chi connectivity index (χ1) is 6.77. The predicted molar refractivity (Wildman–Crippen MR) is 66.8 cm³/mol. The fourth-order valence-corrected chi connectivity index (χ4v) is 1.75. The van der Waals surface area contributed by atoms with Gasteiger partial charge in [-0.05, 0) is 40.3 Å². The van der Waals surface area contributed by atoms with Crippen LogP contribution in [0.2, 0.25) is 0 Å². The molecule has 0 aliphatic heterocycles. The average molecular weight is 296 g/mol. The lowest BCUT2D eigenvalue weighted by atomic mass is 10.1. The minimum absolute atomic E-state index is 0.586. The number of halogens is 1. The van der Waals surface area contributed by atoms with Gasteiger partial charge in [-0.25, -0.2) is 4.98 Å². The van der Waals surface area contributed by atoms with Crippen molar-refractivity contribution in [3.8, 4) is 11.1 Å². The summed E-state index contributed by atoms with van der Waals surface area (Å²) in [4.78, 5) is 4.21. The molecule has 0 bridgehead atoms. The Balaban J connectivity index is 2.53. The molecular formula is C11H9IN2. The predicted octanol–water partition coefficient (Wildman–Crippen LogP) is 2.94. The Morgan fingerprint density at radius 3 is 2.36 bits per heavy atom. The molecule has 2 N–H and O–H groups in total. The Hall–Kier alpha value is -1.10.